The second-order valence-electron chi connectivity index (χ2n) is 13.5. The van der Waals surface area contributed by atoms with Crippen LogP contribution >= 0.6 is 20.8 Å². The molecule has 0 fully saturated rings. The molecule has 0 saturated carbocycles. The Kier molecular flexibility index (Phi) is 25.1. The van der Waals surface area contributed by atoms with Gasteiger partial charge < -0.3 is 0 Å². The third-order valence-electron chi connectivity index (χ3n) is 9.84. The molecule has 0 aliphatic rings. The molecule has 0 radical (unpaired) electrons. The van der Waals surface area contributed by atoms with Crippen molar-refractivity contribution in [1.29, 1.82) is 0 Å². The van der Waals surface area contributed by atoms with E-state index in [2.05, 4.69) is 48.5 Å². The first-order valence-electron chi connectivity index (χ1n) is 18.1. The maximum atomic E-state index is 4.94. The van der Waals surface area contributed by atoms with Gasteiger partial charge in [-0.05, 0) is 0 Å². The molecule has 2 heteroatoms. The van der Waals surface area contributed by atoms with Gasteiger partial charge in [0.15, 0.2) is 0 Å². The van der Waals surface area contributed by atoms with Crippen LogP contribution < -0.4 is 0 Å². The van der Waals surface area contributed by atoms with Gasteiger partial charge in [-0.3, -0.25) is 0 Å². The number of hydrogen-bond acceptors (Lipinski definition) is 0. The summed E-state index contributed by atoms with van der Waals surface area (Å²) in [6.07, 6.45) is 37.7. The van der Waals surface area contributed by atoms with Gasteiger partial charge in [0.05, 0.1) is 0 Å². The Hall–Kier alpha value is 0.910. The molecule has 0 spiro atoms. The molecular weight excluding hydrogens is 543 g/mol. The van der Waals surface area contributed by atoms with Gasteiger partial charge in [-0.1, -0.05) is 0 Å². The summed E-state index contributed by atoms with van der Waals surface area (Å²) in [5, 5.41) is -1.99. The molecular formula is C36H76BrP. The molecule has 0 N–H and O–H groups in total. The van der Waals surface area contributed by atoms with Crippen LogP contribution in [0.15, 0.2) is 0 Å². The van der Waals surface area contributed by atoms with Crippen LogP contribution in [0.3, 0.4) is 0 Å². The Morgan fingerprint density at radius 2 is 0.684 bits per heavy atom. The Balaban J connectivity index is 5.68. The van der Waals surface area contributed by atoms with Crippen molar-refractivity contribution in [1.82, 2.24) is 0 Å². The van der Waals surface area contributed by atoms with Crippen molar-refractivity contribution >= 4 is 20.8 Å². The zero-order chi connectivity index (χ0) is 28.6. The van der Waals surface area contributed by atoms with Gasteiger partial charge in [0.2, 0.25) is 0 Å². The van der Waals surface area contributed by atoms with E-state index >= 15 is 0 Å². The normalized spacial score (nSPS) is 15.7. The van der Waals surface area contributed by atoms with Crippen LogP contribution in [0.25, 0.3) is 0 Å². The van der Waals surface area contributed by atoms with Crippen LogP contribution in [0, 0.1) is 17.8 Å². The van der Waals surface area contributed by atoms with E-state index in [-0.39, 0.29) is 0 Å². The predicted molar refractivity (Wildman–Crippen MR) is 187 cm³/mol. The molecule has 232 valence electrons. The minimum absolute atomic E-state index is 0.933. The molecule has 0 aliphatic carbocycles. The zero-order valence-electron chi connectivity index (χ0n) is 27.9. The summed E-state index contributed by atoms with van der Waals surface area (Å²) in [4.78, 5) is 0. The van der Waals surface area contributed by atoms with Crippen molar-refractivity contribution in [2.24, 2.45) is 17.8 Å². The average molecular weight is 620 g/mol. The van der Waals surface area contributed by atoms with Gasteiger partial charge in [0, 0.05) is 0 Å². The molecule has 0 heterocycles. The van der Waals surface area contributed by atoms with E-state index in [1.165, 1.54) is 147 Å². The fourth-order valence-corrected chi connectivity index (χ4v) is 18.8. The maximum absolute atomic E-state index is 4.94. The fraction of sp³-hybridized carbons (Fsp3) is 1.00. The molecule has 0 bridgehead atoms. The summed E-state index contributed by atoms with van der Waals surface area (Å²) in [5.74, 6) is 2.80. The summed E-state index contributed by atoms with van der Waals surface area (Å²) >= 11 is 4.94. The van der Waals surface area contributed by atoms with Crippen molar-refractivity contribution in [2.75, 3.05) is 24.6 Å². The van der Waals surface area contributed by atoms with Crippen LogP contribution in [0.1, 0.15) is 190 Å². The van der Waals surface area contributed by atoms with Crippen molar-refractivity contribution in [3.05, 3.63) is 0 Å². The van der Waals surface area contributed by atoms with E-state index in [1.807, 2.05) is 0 Å². The van der Waals surface area contributed by atoms with E-state index in [1.54, 1.807) is 18.5 Å². The van der Waals surface area contributed by atoms with E-state index in [0.29, 0.717) is 0 Å². The Morgan fingerprint density at radius 3 is 0.974 bits per heavy atom. The van der Waals surface area contributed by atoms with Crippen LogP contribution in [0.4, 0.5) is 0 Å². The quantitative estimate of drug-likeness (QED) is 0.0577. The molecule has 0 aromatic heterocycles. The number of halogens is 1. The standard InChI is InChI=1S/C36H76BrP/c1-8-15-19-20-21-22-23-24-25-26-30-38(37,31-34(12-5)27-16-9-2,32-35(13-6)28-17-10-3)33-36(14-7)29-18-11-4/h34-36H,8-33H2,1-7H3. The number of hydrogen-bond donors (Lipinski definition) is 0. The van der Waals surface area contributed by atoms with E-state index in [4.69, 9.17) is 15.5 Å². The van der Waals surface area contributed by atoms with Gasteiger partial charge in [-0.25, -0.2) is 0 Å². The third-order valence-corrected chi connectivity index (χ3v) is 19.2. The molecule has 0 amide bonds. The summed E-state index contributed by atoms with van der Waals surface area (Å²) in [6.45, 7) is 17.0. The van der Waals surface area contributed by atoms with Crippen molar-refractivity contribution in [2.45, 2.75) is 190 Å². The number of rotatable bonds is 29. The van der Waals surface area contributed by atoms with Gasteiger partial charge in [0.25, 0.3) is 0 Å². The van der Waals surface area contributed by atoms with Gasteiger partial charge in [-0.2, -0.15) is 0 Å². The Morgan fingerprint density at radius 1 is 0.395 bits per heavy atom. The van der Waals surface area contributed by atoms with Crippen LogP contribution in [-0.2, 0) is 0 Å². The average Bonchev–Trinajstić information content (AvgIpc) is 2.92. The number of unbranched alkanes of at least 4 members (excludes halogenated alkanes) is 12. The van der Waals surface area contributed by atoms with Gasteiger partial charge in [0.1, 0.15) is 0 Å². The van der Waals surface area contributed by atoms with Gasteiger partial charge >= 0.3 is 253 Å². The van der Waals surface area contributed by atoms with Crippen LogP contribution in [0.5, 0.6) is 0 Å². The fourth-order valence-electron chi connectivity index (χ4n) is 7.18. The molecule has 0 aliphatic heterocycles. The first kappa shape index (κ1) is 38.9. The molecule has 0 nitrogen and oxygen atoms in total. The van der Waals surface area contributed by atoms with E-state index in [9.17, 15) is 0 Å². The van der Waals surface area contributed by atoms with E-state index in [0.717, 1.165) is 17.8 Å². The van der Waals surface area contributed by atoms with Crippen LogP contribution in [-0.4, -0.2) is 24.6 Å². The summed E-state index contributed by atoms with van der Waals surface area (Å²) in [5.41, 5.74) is 0. The molecule has 0 aromatic carbocycles. The predicted octanol–water partition coefficient (Wildman–Crippen LogP) is 14.4. The topological polar surface area (TPSA) is 0 Å². The first-order chi connectivity index (χ1) is 18.3. The summed E-state index contributed by atoms with van der Waals surface area (Å²) < 4.78 is 0. The molecule has 38 heavy (non-hydrogen) atoms. The summed E-state index contributed by atoms with van der Waals surface area (Å²) in [6, 6.07) is 0. The molecule has 3 unspecified atom stereocenters. The Bertz CT molecular complexity index is 455. The third kappa shape index (κ3) is 18.4. The van der Waals surface area contributed by atoms with Crippen LogP contribution in [0.2, 0.25) is 0 Å². The molecule has 3 atom stereocenters. The summed E-state index contributed by atoms with van der Waals surface area (Å²) in [7, 11) is 0. The second kappa shape index (κ2) is 24.5. The SMILES string of the molecule is CCCCCCCCCCCCP(Br)(CC(CC)CCCC)(CC(CC)CCCC)CC(CC)CCCC. The minimum atomic E-state index is -1.99. The monoisotopic (exact) mass is 618 g/mol. The van der Waals surface area contributed by atoms with E-state index < -0.39 is 5.31 Å². The van der Waals surface area contributed by atoms with Crippen molar-refractivity contribution < 1.29 is 0 Å². The second-order valence-corrected chi connectivity index (χ2v) is 24.7. The van der Waals surface area contributed by atoms with Crippen molar-refractivity contribution in [3.8, 4) is 0 Å². The first-order valence-corrected chi connectivity index (χ1v) is 23.1. The zero-order valence-corrected chi connectivity index (χ0v) is 30.4. The molecule has 0 aromatic rings. The van der Waals surface area contributed by atoms with Crippen molar-refractivity contribution in [3.63, 3.8) is 0 Å². The Labute approximate surface area is 252 Å². The molecule has 0 saturated heterocycles. The van der Waals surface area contributed by atoms with Gasteiger partial charge in [-0.15, -0.1) is 0 Å². The molecule has 0 rings (SSSR count).